The van der Waals surface area contributed by atoms with Gasteiger partial charge in [0.2, 0.25) is 0 Å². The van der Waals surface area contributed by atoms with Gasteiger partial charge in [0.1, 0.15) is 0 Å². The summed E-state index contributed by atoms with van der Waals surface area (Å²) in [6, 6.07) is 87.7. The van der Waals surface area contributed by atoms with E-state index >= 15 is 0 Å². The third-order valence-electron chi connectivity index (χ3n) is 11.4. The molecule has 0 spiro atoms. The Morgan fingerprint density at radius 3 is 0.897 bits per heavy atom. The zero-order chi connectivity index (χ0) is 39.1. The lowest BCUT2D eigenvalue weighted by atomic mass is 9.78. The van der Waals surface area contributed by atoms with Crippen molar-refractivity contribution in [2.24, 2.45) is 0 Å². The second kappa shape index (κ2) is 16.9. The van der Waals surface area contributed by atoms with Crippen molar-refractivity contribution in [3.63, 3.8) is 0 Å². The largest absolute Gasteiger partial charge is 0.311 e. The first-order valence-electron chi connectivity index (χ1n) is 20.2. The Labute approximate surface area is 343 Å². The average Bonchev–Trinajstić information content (AvgIpc) is 3.31. The maximum absolute atomic E-state index is 2.36. The molecule has 0 bridgehead atoms. The molecule has 1 nitrogen and oxygen atoms in total. The van der Waals surface area contributed by atoms with Crippen molar-refractivity contribution in [1.29, 1.82) is 0 Å². The van der Waals surface area contributed by atoms with Crippen LogP contribution >= 0.6 is 0 Å². The molecule has 0 fully saturated rings. The Bertz CT molecular complexity index is 2650. The Morgan fingerprint density at radius 1 is 0.241 bits per heavy atom. The van der Waals surface area contributed by atoms with Gasteiger partial charge in [0, 0.05) is 23.0 Å². The summed E-state index contributed by atoms with van der Waals surface area (Å²) in [6.45, 7) is 2.36. The fourth-order valence-electron chi connectivity index (χ4n) is 8.23. The highest BCUT2D eigenvalue weighted by Crippen LogP contribution is 2.41. The summed E-state index contributed by atoms with van der Waals surface area (Å²) in [7, 11) is 0. The van der Waals surface area contributed by atoms with E-state index in [1.165, 1.54) is 61.2 Å². The summed E-state index contributed by atoms with van der Waals surface area (Å²) in [4.78, 5) is 2.33. The van der Waals surface area contributed by atoms with Gasteiger partial charge in [0.05, 0.1) is 0 Å². The third kappa shape index (κ3) is 7.89. The van der Waals surface area contributed by atoms with Gasteiger partial charge in [-0.1, -0.05) is 213 Å². The van der Waals surface area contributed by atoms with E-state index in [0.717, 1.165) is 17.1 Å². The fourth-order valence-corrected chi connectivity index (χ4v) is 8.23. The monoisotopic (exact) mass is 743 g/mol. The van der Waals surface area contributed by atoms with Gasteiger partial charge in [-0.3, -0.25) is 0 Å². The molecular weight excluding hydrogens is 699 g/mol. The molecule has 0 saturated heterocycles. The Hall–Kier alpha value is -7.22. The summed E-state index contributed by atoms with van der Waals surface area (Å²) in [5.74, 6) is 0.509. The van der Waals surface area contributed by atoms with Crippen molar-refractivity contribution in [3.05, 3.63) is 259 Å². The molecule has 278 valence electrons. The van der Waals surface area contributed by atoms with Gasteiger partial charge in [-0.15, -0.1) is 0 Å². The SMILES string of the molecule is CC(c1ccc(-c2ccc(N(c3ccccc3)c3ccc(-c4ccc(-c5ccccc5)cc4)cc3)cc2)cc1)C(c1ccccc1)c1ccc(-c2ccccc2)cc1. The minimum absolute atomic E-state index is 0.231. The van der Waals surface area contributed by atoms with Crippen molar-refractivity contribution < 1.29 is 0 Å². The van der Waals surface area contributed by atoms with Crippen molar-refractivity contribution in [2.45, 2.75) is 18.8 Å². The van der Waals surface area contributed by atoms with Crippen LogP contribution in [-0.2, 0) is 0 Å². The highest BCUT2D eigenvalue weighted by Gasteiger charge is 2.23. The van der Waals surface area contributed by atoms with E-state index < -0.39 is 0 Å². The molecular formula is C57H45N. The van der Waals surface area contributed by atoms with Crippen LogP contribution in [-0.4, -0.2) is 0 Å². The molecule has 0 aliphatic carbocycles. The Morgan fingerprint density at radius 2 is 0.500 bits per heavy atom. The molecule has 0 radical (unpaired) electrons. The smallest absolute Gasteiger partial charge is 0.0462 e. The van der Waals surface area contributed by atoms with Gasteiger partial charge in [0.15, 0.2) is 0 Å². The van der Waals surface area contributed by atoms with Gasteiger partial charge in [-0.2, -0.15) is 0 Å². The van der Waals surface area contributed by atoms with Gasteiger partial charge in [0.25, 0.3) is 0 Å². The van der Waals surface area contributed by atoms with Crippen molar-refractivity contribution >= 4 is 17.1 Å². The summed E-state index contributed by atoms with van der Waals surface area (Å²) < 4.78 is 0. The van der Waals surface area contributed by atoms with Crippen LogP contribution in [0.15, 0.2) is 243 Å². The minimum atomic E-state index is 0.231. The van der Waals surface area contributed by atoms with Gasteiger partial charge in [-0.25, -0.2) is 0 Å². The van der Waals surface area contributed by atoms with E-state index in [9.17, 15) is 0 Å². The molecule has 0 aliphatic heterocycles. The van der Waals surface area contributed by atoms with Crippen LogP contribution in [0.1, 0.15) is 35.4 Å². The number of benzene rings is 9. The standard InChI is InChI=1S/C57H45N/c1-42(57(52-18-10-4-11-19-52)53-32-30-47(31-33-53)45-16-8-3-9-17-45)43-22-24-48(25-23-43)50-34-38-55(39-35-50)58(54-20-12-5-13-21-54)56-40-36-51(37-41-56)49-28-26-46(27-29-49)44-14-6-2-7-15-44/h2-42,57H,1H3. The molecule has 2 unspecified atom stereocenters. The molecule has 9 rings (SSSR count). The van der Waals surface area contributed by atoms with Crippen molar-refractivity contribution in [3.8, 4) is 44.5 Å². The molecule has 2 atom stereocenters. The molecule has 0 heterocycles. The normalized spacial score (nSPS) is 12.1. The zero-order valence-electron chi connectivity index (χ0n) is 32.7. The Balaban J connectivity index is 0.950. The van der Waals surface area contributed by atoms with E-state index in [2.05, 4.69) is 254 Å². The number of anilines is 3. The molecule has 0 amide bonds. The molecule has 58 heavy (non-hydrogen) atoms. The van der Waals surface area contributed by atoms with E-state index in [1.54, 1.807) is 0 Å². The number of para-hydroxylation sites is 1. The lowest BCUT2D eigenvalue weighted by Gasteiger charge is -2.26. The second-order valence-electron chi connectivity index (χ2n) is 15.0. The van der Waals surface area contributed by atoms with Crippen LogP contribution in [0.3, 0.4) is 0 Å². The molecule has 0 N–H and O–H groups in total. The molecule has 0 aliphatic rings. The van der Waals surface area contributed by atoms with Crippen LogP contribution < -0.4 is 4.90 Å². The topological polar surface area (TPSA) is 3.24 Å². The Kier molecular flexibility index (Phi) is 10.6. The number of nitrogens with zero attached hydrogens (tertiary/aromatic N) is 1. The van der Waals surface area contributed by atoms with Gasteiger partial charge >= 0.3 is 0 Å². The number of hydrogen-bond acceptors (Lipinski definition) is 1. The first-order chi connectivity index (χ1) is 28.7. The predicted molar refractivity (Wildman–Crippen MR) is 246 cm³/mol. The quantitative estimate of drug-likeness (QED) is 0.128. The summed E-state index contributed by atoms with van der Waals surface area (Å²) in [6.07, 6.45) is 0. The first kappa shape index (κ1) is 36.4. The zero-order valence-corrected chi connectivity index (χ0v) is 32.7. The molecule has 0 aromatic heterocycles. The summed E-state index contributed by atoms with van der Waals surface area (Å²) in [5.41, 5.74) is 17.1. The van der Waals surface area contributed by atoms with Crippen molar-refractivity contribution in [2.75, 3.05) is 4.90 Å². The van der Waals surface area contributed by atoms with Crippen molar-refractivity contribution in [1.82, 2.24) is 0 Å². The third-order valence-corrected chi connectivity index (χ3v) is 11.4. The van der Waals surface area contributed by atoms with Crippen LogP contribution in [0.2, 0.25) is 0 Å². The van der Waals surface area contributed by atoms with Crippen LogP contribution in [0.5, 0.6) is 0 Å². The second-order valence-corrected chi connectivity index (χ2v) is 15.0. The van der Waals surface area contributed by atoms with Crippen LogP contribution in [0.25, 0.3) is 44.5 Å². The maximum Gasteiger partial charge on any atom is 0.0462 e. The highest BCUT2D eigenvalue weighted by molar-refractivity contribution is 5.80. The molecule has 9 aromatic carbocycles. The lowest BCUT2D eigenvalue weighted by Crippen LogP contribution is -2.10. The molecule has 1 heteroatoms. The molecule has 0 saturated carbocycles. The minimum Gasteiger partial charge on any atom is -0.311 e. The highest BCUT2D eigenvalue weighted by atomic mass is 15.1. The van der Waals surface area contributed by atoms with Crippen LogP contribution in [0, 0.1) is 0 Å². The first-order valence-corrected chi connectivity index (χ1v) is 20.2. The fraction of sp³-hybridized carbons (Fsp3) is 0.0526. The van der Waals surface area contributed by atoms with E-state index in [-0.39, 0.29) is 11.8 Å². The van der Waals surface area contributed by atoms with Gasteiger partial charge in [-0.05, 0) is 104 Å². The van der Waals surface area contributed by atoms with Crippen LogP contribution in [0.4, 0.5) is 17.1 Å². The number of rotatable bonds is 11. The van der Waals surface area contributed by atoms with E-state index in [0.29, 0.717) is 0 Å². The predicted octanol–water partition coefficient (Wildman–Crippen LogP) is 15.8. The summed E-state index contributed by atoms with van der Waals surface area (Å²) >= 11 is 0. The lowest BCUT2D eigenvalue weighted by molar-refractivity contribution is 0.658. The van der Waals surface area contributed by atoms with Gasteiger partial charge < -0.3 is 4.90 Å². The van der Waals surface area contributed by atoms with E-state index in [1.807, 2.05) is 0 Å². The molecule has 9 aromatic rings. The average molecular weight is 744 g/mol. The maximum atomic E-state index is 2.36. The summed E-state index contributed by atoms with van der Waals surface area (Å²) in [5, 5.41) is 0. The van der Waals surface area contributed by atoms with E-state index in [4.69, 9.17) is 0 Å². The number of hydrogen-bond donors (Lipinski definition) is 0.